The molecule has 7 nitrogen and oxygen atoms in total. The summed E-state index contributed by atoms with van der Waals surface area (Å²) in [4.78, 5) is 25.3. The van der Waals surface area contributed by atoms with Gasteiger partial charge in [-0.2, -0.15) is 0 Å². The second kappa shape index (κ2) is 8.68. The zero-order chi connectivity index (χ0) is 18.4. The minimum Gasteiger partial charge on any atom is -0.334 e. The van der Waals surface area contributed by atoms with Crippen molar-refractivity contribution >= 4 is 23.7 Å². The number of non-ortho nitro benzene ring substituents is 1. The lowest BCUT2D eigenvalue weighted by Gasteiger charge is -2.33. The summed E-state index contributed by atoms with van der Waals surface area (Å²) < 4.78 is 2.17. The Kier molecular flexibility index (Phi) is 6.08. The fraction of sp³-hybridized carbons (Fsp3) is 0.278. The Morgan fingerprint density at radius 2 is 1.69 bits per heavy atom. The Bertz CT molecular complexity index is 747. The molecule has 0 radical (unpaired) electrons. The monoisotopic (exact) mass is 372 g/mol. The first-order chi connectivity index (χ1) is 12.6. The number of nitro benzene ring substituents is 1. The van der Waals surface area contributed by atoms with Gasteiger partial charge in [0.15, 0.2) is 0 Å². The number of nitrogens with zero attached hydrogens (tertiary/aromatic N) is 3. The van der Waals surface area contributed by atoms with Gasteiger partial charge >= 0.3 is 6.03 Å². The summed E-state index contributed by atoms with van der Waals surface area (Å²) in [6.45, 7) is 3.33. The molecule has 0 unspecified atom stereocenters. The molecule has 1 aliphatic rings. The maximum Gasteiger partial charge on any atom is 0.317 e. The number of rotatable bonds is 5. The number of urea groups is 1. The number of hydrogen-bond donors (Lipinski definition) is 1. The van der Waals surface area contributed by atoms with E-state index >= 15 is 0 Å². The SMILES string of the molecule is O=C(NCc1ccccc1)N1CCN(Sc2ccc([N+](=O)[O-])cc2)CC1. The van der Waals surface area contributed by atoms with Gasteiger partial charge < -0.3 is 10.2 Å². The highest BCUT2D eigenvalue weighted by molar-refractivity contribution is 7.97. The Balaban J connectivity index is 1.43. The predicted octanol–water partition coefficient (Wildman–Crippen LogP) is 3.13. The highest BCUT2D eigenvalue weighted by atomic mass is 32.2. The minimum absolute atomic E-state index is 0.0474. The van der Waals surface area contributed by atoms with Gasteiger partial charge in [-0.25, -0.2) is 9.10 Å². The van der Waals surface area contributed by atoms with Crippen molar-refractivity contribution in [2.24, 2.45) is 0 Å². The first-order valence-corrected chi connectivity index (χ1v) is 9.13. The summed E-state index contributed by atoms with van der Waals surface area (Å²) in [5.74, 6) is 0. The van der Waals surface area contributed by atoms with Crippen LogP contribution in [0.5, 0.6) is 0 Å². The van der Waals surface area contributed by atoms with Crippen LogP contribution in [0.15, 0.2) is 59.5 Å². The van der Waals surface area contributed by atoms with E-state index in [0.29, 0.717) is 19.6 Å². The van der Waals surface area contributed by atoms with E-state index in [1.807, 2.05) is 35.2 Å². The summed E-state index contributed by atoms with van der Waals surface area (Å²) in [6, 6.07) is 16.3. The van der Waals surface area contributed by atoms with Crippen molar-refractivity contribution in [2.45, 2.75) is 11.4 Å². The minimum atomic E-state index is -0.402. The number of benzene rings is 2. The highest BCUT2D eigenvalue weighted by Crippen LogP contribution is 2.25. The number of piperazine rings is 1. The number of nitro groups is 1. The molecule has 2 aromatic carbocycles. The highest BCUT2D eigenvalue weighted by Gasteiger charge is 2.21. The van der Waals surface area contributed by atoms with E-state index in [1.54, 1.807) is 24.1 Å². The molecule has 2 aromatic rings. The summed E-state index contributed by atoms with van der Waals surface area (Å²) in [5.41, 5.74) is 1.17. The number of hydrogen-bond acceptors (Lipinski definition) is 5. The van der Waals surface area contributed by atoms with Gasteiger partial charge in [0.05, 0.1) is 4.92 Å². The lowest BCUT2D eigenvalue weighted by atomic mass is 10.2. The smallest absolute Gasteiger partial charge is 0.317 e. The molecule has 0 aromatic heterocycles. The molecule has 136 valence electrons. The average Bonchev–Trinajstić information content (AvgIpc) is 2.68. The zero-order valence-electron chi connectivity index (χ0n) is 14.2. The molecule has 0 aliphatic carbocycles. The molecule has 1 N–H and O–H groups in total. The van der Waals surface area contributed by atoms with Crippen LogP contribution in [0.3, 0.4) is 0 Å². The summed E-state index contributed by atoms with van der Waals surface area (Å²) >= 11 is 1.56. The van der Waals surface area contributed by atoms with E-state index in [1.165, 1.54) is 12.1 Å². The molecule has 1 fully saturated rings. The standard InChI is InChI=1S/C18H20N4O3S/c23-18(19-14-15-4-2-1-3-5-15)20-10-12-21(13-11-20)26-17-8-6-16(7-9-17)22(24)25/h1-9H,10-14H2,(H,19,23). The zero-order valence-corrected chi connectivity index (χ0v) is 15.0. The predicted molar refractivity (Wildman–Crippen MR) is 101 cm³/mol. The lowest BCUT2D eigenvalue weighted by molar-refractivity contribution is -0.384. The van der Waals surface area contributed by atoms with Gasteiger partial charge in [0.25, 0.3) is 5.69 Å². The van der Waals surface area contributed by atoms with E-state index in [-0.39, 0.29) is 11.7 Å². The largest absolute Gasteiger partial charge is 0.334 e. The van der Waals surface area contributed by atoms with Crippen LogP contribution < -0.4 is 5.32 Å². The maximum atomic E-state index is 12.3. The van der Waals surface area contributed by atoms with Gasteiger partial charge in [-0.05, 0) is 29.6 Å². The van der Waals surface area contributed by atoms with Crippen LogP contribution in [-0.2, 0) is 6.54 Å². The molecule has 0 atom stereocenters. The second-order valence-corrected chi connectivity index (χ2v) is 7.07. The van der Waals surface area contributed by atoms with Crippen LogP contribution in [-0.4, -0.2) is 46.3 Å². The molecule has 1 heterocycles. The van der Waals surface area contributed by atoms with Crippen LogP contribution in [0.2, 0.25) is 0 Å². The number of nitrogens with one attached hydrogen (secondary N) is 1. The normalized spacial score (nSPS) is 14.8. The number of amides is 2. The molecular weight excluding hydrogens is 352 g/mol. The Hall–Kier alpha value is -2.58. The fourth-order valence-electron chi connectivity index (χ4n) is 2.65. The Morgan fingerprint density at radius 1 is 1.04 bits per heavy atom. The van der Waals surface area contributed by atoms with Gasteiger partial charge in [0.2, 0.25) is 0 Å². The third-order valence-electron chi connectivity index (χ3n) is 4.09. The molecule has 0 saturated carbocycles. The Morgan fingerprint density at radius 3 is 2.31 bits per heavy atom. The third-order valence-corrected chi connectivity index (χ3v) is 5.20. The van der Waals surface area contributed by atoms with Crippen LogP contribution in [0, 0.1) is 10.1 Å². The topological polar surface area (TPSA) is 78.7 Å². The van der Waals surface area contributed by atoms with Gasteiger partial charge in [0.1, 0.15) is 0 Å². The van der Waals surface area contributed by atoms with Crippen LogP contribution in [0.4, 0.5) is 10.5 Å². The first-order valence-electron chi connectivity index (χ1n) is 8.36. The molecule has 1 aliphatic heterocycles. The van der Waals surface area contributed by atoms with Crippen molar-refractivity contribution in [1.82, 2.24) is 14.5 Å². The summed E-state index contributed by atoms with van der Waals surface area (Å²) in [6.07, 6.45) is 0. The van der Waals surface area contributed by atoms with Gasteiger partial charge in [-0.15, -0.1) is 0 Å². The number of carbonyl (C=O) groups excluding carboxylic acids is 1. The summed E-state index contributed by atoms with van der Waals surface area (Å²) in [7, 11) is 0. The van der Waals surface area contributed by atoms with E-state index < -0.39 is 4.92 Å². The Labute approximate surface area is 156 Å². The van der Waals surface area contributed by atoms with E-state index in [4.69, 9.17) is 0 Å². The first kappa shape index (κ1) is 18.2. The van der Waals surface area contributed by atoms with Gasteiger partial charge in [-0.1, -0.05) is 30.3 Å². The van der Waals surface area contributed by atoms with Crippen molar-refractivity contribution < 1.29 is 9.72 Å². The van der Waals surface area contributed by atoms with Crippen molar-refractivity contribution in [2.75, 3.05) is 26.2 Å². The van der Waals surface area contributed by atoms with Crippen LogP contribution in [0.1, 0.15) is 5.56 Å². The van der Waals surface area contributed by atoms with Gasteiger partial charge in [0, 0.05) is 49.8 Å². The molecule has 3 rings (SSSR count). The molecule has 0 spiro atoms. The average molecular weight is 372 g/mol. The molecule has 1 saturated heterocycles. The van der Waals surface area contributed by atoms with Crippen LogP contribution >= 0.6 is 11.9 Å². The number of carbonyl (C=O) groups is 1. The third kappa shape index (κ3) is 4.96. The van der Waals surface area contributed by atoms with Crippen molar-refractivity contribution in [1.29, 1.82) is 0 Å². The summed E-state index contributed by atoms with van der Waals surface area (Å²) in [5, 5.41) is 13.6. The second-order valence-electron chi connectivity index (χ2n) is 5.90. The molecule has 0 bridgehead atoms. The molecule has 26 heavy (non-hydrogen) atoms. The molecule has 8 heteroatoms. The van der Waals surface area contributed by atoms with E-state index in [9.17, 15) is 14.9 Å². The van der Waals surface area contributed by atoms with E-state index in [0.717, 1.165) is 23.5 Å². The quantitative estimate of drug-likeness (QED) is 0.496. The maximum absolute atomic E-state index is 12.3. The van der Waals surface area contributed by atoms with Crippen molar-refractivity contribution in [3.63, 3.8) is 0 Å². The van der Waals surface area contributed by atoms with Crippen molar-refractivity contribution in [3.05, 3.63) is 70.3 Å². The van der Waals surface area contributed by atoms with Crippen LogP contribution in [0.25, 0.3) is 0 Å². The van der Waals surface area contributed by atoms with Gasteiger partial charge in [-0.3, -0.25) is 10.1 Å². The van der Waals surface area contributed by atoms with Crippen molar-refractivity contribution in [3.8, 4) is 0 Å². The lowest BCUT2D eigenvalue weighted by Crippen LogP contribution is -2.49. The molecular formula is C18H20N4O3S. The molecule has 2 amide bonds. The fourth-order valence-corrected chi connectivity index (χ4v) is 3.55. The van der Waals surface area contributed by atoms with E-state index in [2.05, 4.69) is 9.62 Å².